The average Bonchev–Trinajstić information content (AvgIpc) is 2.46. The van der Waals surface area contributed by atoms with Crippen LogP contribution in [0.1, 0.15) is 18.4 Å². The molecular formula is C15H23NO3. The summed E-state index contributed by atoms with van der Waals surface area (Å²) in [5.41, 5.74) is 2.60. The van der Waals surface area contributed by atoms with Crippen LogP contribution in [0.4, 0.5) is 5.69 Å². The van der Waals surface area contributed by atoms with E-state index in [-0.39, 0.29) is 0 Å². The molecule has 106 valence electrons. The number of ether oxygens (including phenoxy) is 3. The Balaban J connectivity index is 1.66. The Kier molecular flexibility index (Phi) is 5.98. The van der Waals surface area contributed by atoms with Crippen LogP contribution in [0, 0.1) is 0 Å². The van der Waals surface area contributed by atoms with E-state index in [0.29, 0.717) is 13.2 Å². The Morgan fingerprint density at radius 1 is 1.16 bits per heavy atom. The number of hydrogen-bond donors (Lipinski definition) is 1. The van der Waals surface area contributed by atoms with E-state index in [2.05, 4.69) is 17.4 Å². The minimum Gasteiger partial charge on any atom is -0.491 e. The van der Waals surface area contributed by atoms with E-state index in [4.69, 9.17) is 14.2 Å². The molecule has 0 amide bonds. The molecule has 0 atom stereocenters. The number of anilines is 1. The van der Waals surface area contributed by atoms with E-state index in [9.17, 15) is 0 Å². The highest BCUT2D eigenvalue weighted by Gasteiger charge is 2.08. The maximum absolute atomic E-state index is 5.68. The third-order valence-electron chi connectivity index (χ3n) is 3.15. The van der Waals surface area contributed by atoms with Crippen molar-refractivity contribution in [2.75, 3.05) is 45.4 Å². The third kappa shape index (κ3) is 4.73. The molecular weight excluding hydrogens is 242 g/mol. The van der Waals surface area contributed by atoms with Crippen LogP contribution in [0.2, 0.25) is 0 Å². The molecule has 0 unspecified atom stereocenters. The highest BCUT2D eigenvalue weighted by atomic mass is 16.5. The van der Waals surface area contributed by atoms with E-state index in [1.807, 2.05) is 6.07 Å². The second-order valence-electron chi connectivity index (χ2n) is 4.66. The minimum atomic E-state index is 0.589. The maximum Gasteiger partial charge on any atom is 0.121 e. The molecule has 1 N–H and O–H groups in total. The van der Waals surface area contributed by atoms with E-state index in [0.717, 1.165) is 38.3 Å². The zero-order chi connectivity index (χ0) is 13.3. The molecule has 0 radical (unpaired) electrons. The Labute approximate surface area is 115 Å². The van der Waals surface area contributed by atoms with Crippen molar-refractivity contribution in [3.05, 3.63) is 23.8 Å². The number of rotatable bonds is 8. The summed E-state index contributed by atoms with van der Waals surface area (Å²) < 4.78 is 16.1. The lowest BCUT2D eigenvalue weighted by molar-refractivity contribution is 0.0806. The van der Waals surface area contributed by atoms with Gasteiger partial charge < -0.3 is 19.5 Å². The number of hydrogen-bond acceptors (Lipinski definition) is 4. The lowest BCUT2D eigenvalue weighted by Gasteiger charge is -2.18. The van der Waals surface area contributed by atoms with Crippen molar-refractivity contribution in [3.63, 3.8) is 0 Å². The predicted molar refractivity (Wildman–Crippen MR) is 76.1 cm³/mol. The maximum atomic E-state index is 5.68. The van der Waals surface area contributed by atoms with E-state index in [1.54, 1.807) is 7.11 Å². The highest BCUT2D eigenvalue weighted by Crippen LogP contribution is 2.26. The summed E-state index contributed by atoms with van der Waals surface area (Å²) in [5, 5.41) is 3.40. The molecule has 4 heteroatoms. The van der Waals surface area contributed by atoms with Gasteiger partial charge >= 0.3 is 0 Å². The van der Waals surface area contributed by atoms with Crippen molar-refractivity contribution < 1.29 is 14.2 Å². The Morgan fingerprint density at radius 3 is 3.00 bits per heavy atom. The smallest absolute Gasteiger partial charge is 0.121 e. The average molecular weight is 265 g/mol. The molecule has 19 heavy (non-hydrogen) atoms. The van der Waals surface area contributed by atoms with E-state index in [1.165, 1.54) is 17.7 Å². The summed E-state index contributed by atoms with van der Waals surface area (Å²) in [4.78, 5) is 0. The second kappa shape index (κ2) is 8.02. The number of methoxy groups -OCH3 is 1. The largest absolute Gasteiger partial charge is 0.491 e. The Bertz CT molecular complexity index is 382. The van der Waals surface area contributed by atoms with Gasteiger partial charge in [0, 0.05) is 38.6 Å². The van der Waals surface area contributed by atoms with Crippen molar-refractivity contribution in [3.8, 4) is 5.75 Å². The van der Waals surface area contributed by atoms with Gasteiger partial charge in [-0.15, -0.1) is 0 Å². The standard InChI is InChI=1S/C15H23NO3/c1-17-8-3-9-18-10-11-19-14-6-5-13-4-2-7-16-15(13)12-14/h5-6,12,16H,2-4,7-11H2,1H3. The van der Waals surface area contributed by atoms with Crippen molar-refractivity contribution in [1.82, 2.24) is 0 Å². The van der Waals surface area contributed by atoms with Crippen molar-refractivity contribution in [2.45, 2.75) is 19.3 Å². The first-order valence-corrected chi connectivity index (χ1v) is 6.96. The summed E-state index contributed by atoms with van der Waals surface area (Å²) in [6, 6.07) is 6.27. The van der Waals surface area contributed by atoms with Crippen LogP contribution in [0.5, 0.6) is 5.75 Å². The lowest BCUT2D eigenvalue weighted by Crippen LogP contribution is -2.12. The molecule has 0 fully saturated rings. The molecule has 0 aliphatic carbocycles. The van der Waals surface area contributed by atoms with Crippen LogP contribution >= 0.6 is 0 Å². The summed E-state index contributed by atoms with van der Waals surface area (Å²) in [6.07, 6.45) is 3.30. The van der Waals surface area contributed by atoms with Crippen LogP contribution in [-0.4, -0.2) is 40.1 Å². The number of aryl methyl sites for hydroxylation is 1. The van der Waals surface area contributed by atoms with Crippen molar-refractivity contribution >= 4 is 5.69 Å². The predicted octanol–water partition coefficient (Wildman–Crippen LogP) is 2.48. The third-order valence-corrected chi connectivity index (χ3v) is 3.15. The van der Waals surface area contributed by atoms with E-state index >= 15 is 0 Å². The molecule has 1 aliphatic rings. The topological polar surface area (TPSA) is 39.7 Å². The first-order chi connectivity index (χ1) is 9.40. The summed E-state index contributed by atoms with van der Waals surface area (Å²) in [6.45, 7) is 3.74. The highest BCUT2D eigenvalue weighted by molar-refractivity contribution is 5.56. The Morgan fingerprint density at radius 2 is 2.11 bits per heavy atom. The van der Waals surface area contributed by atoms with Gasteiger partial charge in [-0.05, 0) is 30.9 Å². The molecule has 1 aliphatic heterocycles. The summed E-state index contributed by atoms with van der Waals surface area (Å²) in [5.74, 6) is 0.911. The van der Waals surface area contributed by atoms with Crippen LogP contribution in [0.25, 0.3) is 0 Å². The fraction of sp³-hybridized carbons (Fsp3) is 0.600. The first-order valence-electron chi connectivity index (χ1n) is 6.96. The van der Waals surface area contributed by atoms with Gasteiger partial charge in [-0.1, -0.05) is 6.07 Å². The molecule has 1 aromatic carbocycles. The summed E-state index contributed by atoms with van der Waals surface area (Å²) >= 11 is 0. The summed E-state index contributed by atoms with van der Waals surface area (Å²) in [7, 11) is 1.70. The zero-order valence-corrected chi connectivity index (χ0v) is 11.6. The van der Waals surface area contributed by atoms with Gasteiger partial charge in [0.1, 0.15) is 12.4 Å². The molecule has 1 aromatic rings. The molecule has 1 heterocycles. The molecule has 0 aromatic heterocycles. The SMILES string of the molecule is COCCCOCCOc1ccc2c(c1)NCCC2. The monoisotopic (exact) mass is 265 g/mol. The number of nitrogens with one attached hydrogen (secondary N) is 1. The second-order valence-corrected chi connectivity index (χ2v) is 4.66. The van der Waals surface area contributed by atoms with Crippen LogP contribution in [-0.2, 0) is 15.9 Å². The van der Waals surface area contributed by atoms with Crippen LogP contribution in [0.3, 0.4) is 0 Å². The molecule has 2 rings (SSSR count). The van der Waals surface area contributed by atoms with Gasteiger partial charge in [-0.3, -0.25) is 0 Å². The van der Waals surface area contributed by atoms with Crippen molar-refractivity contribution in [2.24, 2.45) is 0 Å². The van der Waals surface area contributed by atoms with Gasteiger partial charge in [-0.25, -0.2) is 0 Å². The molecule has 0 spiro atoms. The zero-order valence-electron chi connectivity index (χ0n) is 11.6. The van der Waals surface area contributed by atoms with Crippen LogP contribution in [0.15, 0.2) is 18.2 Å². The van der Waals surface area contributed by atoms with E-state index < -0.39 is 0 Å². The van der Waals surface area contributed by atoms with Crippen LogP contribution < -0.4 is 10.1 Å². The van der Waals surface area contributed by atoms with Gasteiger partial charge in [0.25, 0.3) is 0 Å². The molecule has 0 bridgehead atoms. The van der Waals surface area contributed by atoms with Gasteiger partial charge in [0.15, 0.2) is 0 Å². The fourth-order valence-electron chi connectivity index (χ4n) is 2.16. The lowest BCUT2D eigenvalue weighted by atomic mass is 10.0. The molecule has 4 nitrogen and oxygen atoms in total. The normalized spacial score (nSPS) is 13.7. The molecule has 0 saturated carbocycles. The van der Waals surface area contributed by atoms with Gasteiger partial charge in [0.05, 0.1) is 6.61 Å². The van der Waals surface area contributed by atoms with Crippen molar-refractivity contribution in [1.29, 1.82) is 0 Å². The quantitative estimate of drug-likeness (QED) is 0.733. The van der Waals surface area contributed by atoms with Gasteiger partial charge in [-0.2, -0.15) is 0 Å². The number of benzene rings is 1. The molecule has 0 saturated heterocycles. The Hall–Kier alpha value is -1.26. The van der Waals surface area contributed by atoms with Gasteiger partial charge in [0.2, 0.25) is 0 Å². The number of fused-ring (bicyclic) bond motifs is 1. The fourth-order valence-corrected chi connectivity index (χ4v) is 2.16. The minimum absolute atomic E-state index is 0.589. The first kappa shape index (κ1) is 14.2.